The molecule has 6 aliphatic rings. The first-order valence-electron chi connectivity index (χ1n) is 27.3. The van der Waals surface area contributed by atoms with Gasteiger partial charge in [0.1, 0.15) is 0 Å². The number of aliphatic hydroxyl groups is 3. The fraction of sp³-hybridized carbons (Fsp3) is 1.00. The zero-order chi connectivity index (χ0) is 59.3. The van der Waals surface area contributed by atoms with Crippen molar-refractivity contribution in [3.05, 3.63) is 0 Å². The van der Waals surface area contributed by atoms with E-state index in [9.17, 15) is 68.0 Å². The number of alkyl halides is 12. The highest BCUT2D eigenvalue weighted by Gasteiger charge is 2.69. The van der Waals surface area contributed by atoms with Crippen LogP contribution >= 0.6 is 0 Å². The molecule has 450 valence electrons. The lowest BCUT2D eigenvalue weighted by atomic mass is 9.66. The van der Waals surface area contributed by atoms with E-state index in [0.717, 1.165) is 18.4 Å². The molecule has 75 heavy (non-hydrogen) atoms. The summed E-state index contributed by atoms with van der Waals surface area (Å²) in [5.41, 5.74) is -5.45. The van der Waals surface area contributed by atoms with E-state index < -0.39 is 70.1 Å². The van der Waals surface area contributed by atoms with E-state index in [-0.39, 0.29) is 124 Å². The minimum atomic E-state index is -4.26. The molecule has 3 N–H and O–H groups in total. The number of rotatable bonds is 6. The predicted octanol–water partition coefficient (Wildman–Crippen LogP) is 17.5. The number of hydrogen-bond donors (Lipinski definition) is 3. The highest BCUT2D eigenvalue weighted by atomic mass is 19.4. The van der Waals surface area contributed by atoms with Crippen molar-refractivity contribution in [3.63, 3.8) is 0 Å². The van der Waals surface area contributed by atoms with Crippen LogP contribution in [0.4, 0.5) is 52.7 Å². The average Bonchev–Trinajstić information content (AvgIpc) is 4.14. The molecule has 0 radical (unpaired) electrons. The van der Waals surface area contributed by atoms with Crippen molar-refractivity contribution in [3.8, 4) is 0 Å². The zero-order valence-corrected chi connectivity index (χ0v) is 49.3. The number of hydrogen-bond acceptors (Lipinski definition) is 6. The quantitative estimate of drug-likeness (QED) is 0.230. The molecule has 6 aliphatic carbocycles. The van der Waals surface area contributed by atoms with Crippen LogP contribution in [0, 0.1) is 45.3 Å². The van der Waals surface area contributed by atoms with Crippen LogP contribution < -0.4 is 0 Å². The molecule has 18 heteroatoms. The van der Waals surface area contributed by atoms with Gasteiger partial charge in [-0.2, -0.15) is 26.3 Å². The van der Waals surface area contributed by atoms with Crippen LogP contribution in [-0.4, -0.2) is 98.9 Å². The van der Waals surface area contributed by atoms with Crippen LogP contribution in [0.2, 0.25) is 0 Å². The average molecular weight is 1110 g/mol. The van der Waals surface area contributed by atoms with Gasteiger partial charge in [-0.15, -0.1) is 0 Å². The molecule has 0 aromatic heterocycles. The normalized spacial score (nSPS) is 28.6. The first kappa shape index (κ1) is 71.9. The van der Waals surface area contributed by atoms with Crippen molar-refractivity contribution in [1.82, 2.24) is 0 Å². The van der Waals surface area contributed by atoms with Gasteiger partial charge in [0.05, 0.1) is 70.7 Å². The van der Waals surface area contributed by atoms with E-state index in [0.29, 0.717) is 12.8 Å². The van der Waals surface area contributed by atoms with E-state index in [1.165, 1.54) is 6.42 Å². The molecule has 6 saturated carbocycles. The van der Waals surface area contributed by atoms with E-state index in [4.69, 9.17) is 14.2 Å². The number of halogens is 12. The van der Waals surface area contributed by atoms with Gasteiger partial charge in [0.25, 0.3) is 5.92 Å². The molecule has 6 rings (SSSR count). The minimum Gasteiger partial charge on any atom is -0.392 e. The second-order valence-electron chi connectivity index (χ2n) is 28.9. The second kappa shape index (κ2) is 25.4. The third-order valence-corrected chi connectivity index (χ3v) is 15.4. The Labute approximate surface area is 444 Å². The SMILES string of the molecule is CC(C)(C)C(O)C1(C(F)(F)F)CC1.CC(C)(C)C1(O)CCC(C(F)(F)F)CC1.CC(C)(C)C1(O)CCC(F)(F)CC1.CC(C)(C)OC1CCC(F)(F)CC1.CC(C)(C)OCC1CC1(F)F.CC1CC1COC(C)(C)C. The Morgan fingerprint density at radius 2 is 0.867 bits per heavy atom. The lowest BCUT2D eigenvalue weighted by Crippen LogP contribution is -2.47. The monoisotopic (exact) mass is 1110 g/mol. The summed E-state index contributed by atoms with van der Waals surface area (Å²) in [6, 6.07) is 0. The van der Waals surface area contributed by atoms with Crippen LogP contribution in [0.3, 0.4) is 0 Å². The largest absolute Gasteiger partial charge is 0.396 e. The maximum atomic E-state index is 12.8. The molecule has 0 aliphatic heterocycles. The van der Waals surface area contributed by atoms with E-state index in [1.54, 1.807) is 20.8 Å². The molecular weight excluding hydrogens is 1010 g/mol. The third-order valence-electron chi connectivity index (χ3n) is 15.4. The molecule has 0 spiro atoms. The summed E-state index contributed by atoms with van der Waals surface area (Å²) in [5, 5.41) is 29.9. The highest BCUT2D eigenvalue weighted by Crippen LogP contribution is 2.62. The van der Waals surface area contributed by atoms with Crippen molar-refractivity contribution >= 4 is 0 Å². The van der Waals surface area contributed by atoms with Crippen molar-refractivity contribution in [1.29, 1.82) is 0 Å². The molecule has 4 unspecified atom stereocenters. The van der Waals surface area contributed by atoms with Gasteiger partial charge in [-0.05, 0) is 161 Å². The Balaban J connectivity index is 0.000000452. The Morgan fingerprint density at radius 3 is 1.13 bits per heavy atom. The Hall–Kier alpha value is -1.08. The molecule has 6 fully saturated rings. The van der Waals surface area contributed by atoms with E-state index in [2.05, 4.69) is 27.7 Å². The molecule has 0 amide bonds. The Bertz CT molecular complexity index is 1660. The summed E-state index contributed by atoms with van der Waals surface area (Å²) in [6.07, 6.45) is -6.51. The number of aliphatic hydroxyl groups excluding tert-OH is 1. The summed E-state index contributed by atoms with van der Waals surface area (Å²) in [7, 11) is 0. The highest BCUT2D eigenvalue weighted by molar-refractivity contribution is 5.07. The lowest BCUT2D eigenvalue weighted by Gasteiger charge is -2.45. The molecule has 0 aromatic rings. The lowest BCUT2D eigenvalue weighted by molar-refractivity contribution is -0.227. The van der Waals surface area contributed by atoms with Gasteiger partial charge in [0, 0.05) is 32.1 Å². The van der Waals surface area contributed by atoms with Gasteiger partial charge in [-0.25, -0.2) is 26.3 Å². The van der Waals surface area contributed by atoms with Crippen molar-refractivity contribution in [2.45, 2.75) is 305 Å². The summed E-state index contributed by atoms with van der Waals surface area (Å²) >= 11 is 0. The second-order valence-corrected chi connectivity index (χ2v) is 28.9. The predicted molar refractivity (Wildman–Crippen MR) is 273 cm³/mol. The van der Waals surface area contributed by atoms with Gasteiger partial charge in [0.15, 0.2) is 0 Å². The molecule has 0 heterocycles. The molecule has 0 saturated heterocycles. The van der Waals surface area contributed by atoms with Gasteiger partial charge < -0.3 is 29.5 Å². The minimum absolute atomic E-state index is 0.00306. The molecular formula is C57H102F12O6. The summed E-state index contributed by atoms with van der Waals surface area (Å²) in [6.45, 7) is 37.5. The molecule has 0 aromatic carbocycles. The van der Waals surface area contributed by atoms with Gasteiger partial charge in [0.2, 0.25) is 11.8 Å². The Kier molecular flexibility index (Phi) is 24.3. The van der Waals surface area contributed by atoms with Crippen molar-refractivity contribution in [2.75, 3.05) is 13.2 Å². The summed E-state index contributed by atoms with van der Waals surface area (Å²) in [5.74, 6) is -7.41. The standard InChI is InChI=1S/C11H19F3O.2C10H18F2O.C9H15F3O.C9H18O.C8H14F2O/c1-9(2,3)10(15)6-4-8(5-7-10)11(12,13)14;1-9(2,3)13-8-4-6-10(11,12)7-5-8;1-8(2,3)9(13)4-6-10(11,12)7-5-9;1-7(2,3)6(13)8(4-5-8)9(10,11)12;1-7-5-8(7)6-10-9(2,3)4;1-7(2,3)11-5-6-4-8(6,9)10/h8,15H,4-7H2,1-3H3;8H,4-7H2,1-3H3;13H,4-7H2,1-3H3;6,13H,4-5H2,1-3H3;7-8H,5-6H2,1-4H3;6H,4-5H2,1-3H3. The molecule has 6 nitrogen and oxygen atoms in total. The summed E-state index contributed by atoms with van der Waals surface area (Å²) in [4.78, 5) is 0. The van der Waals surface area contributed by atoms with Crippen LogP contribution in [0.5, 0.6) is 0 Å². The third kappa shape index (κ3) is 25.9. The van der Waals surface area contributed by atoms with Gasteiger partial charge in [-0.3, -0.25) is 0 Å². The number of ether oxygens (including phenoxy) is 3. The van der Waals surface area contributed by atoms with E-state index >= 15 is 0 Å². The van der Waals surface area contributed by atoms with Crippen molar-refractivity contribution < 1.29 is 82.2 Å². The molecule has 4 atom stereocenters. The van der Waals surface area contributed by atoms with Gasteiger partial charge in [-0.1, -0.05) is 69.2 Å². The maximum Gasteiger partial charge on any atom is 0.396 e. The fourth-order valence-electron chi connectivity index (χ4n) is 9.05. The summed E-state index contributed by atoms with van der Waals surface area (Å²) < 4.78 is 167. The molecule has 0 bridgehead atoms. The van der Waals surface area contributed by atoms with Crippen LogP contribution in [0.25, 0.3) is 0 Å². The van der Waals surface area contributed by atoms with E-state index in [1.807, 2.05) is 83.1 Å². The first-order chi connectivity index (χ1) is 32.9. The first-order valence-corrected chi connectivity index (χ1v) is 27.3. The van der Waals surface area contributed by atoms with Crippen LogP contribution in [0.1, 0.15) is 234 Å². The van der Waals surface area contributed by atoms with Crippen LogP contribution in [0.15, 0.2) is 0 Å². The smallest absolute Gasteiger partial charge is 0.392 e. The topological polar surface area (TPSA) is 88.4 Å². The van der Waals surface area contributed by atoms with Gasteiger partial charge >= 0.3 is 12.4 Å². The Morgan fingerprint density at radius 1 is 0.507 bits per heavy atom. The van der Waals surface area contributed by atoms with Crippen LogP contribution in [-0.2, 0) is 14.2 Å². The maximum absolute atomic E-state index is 12.8. The zero-order valence-electron chi connectivity index (χ0n) is 49.3. The van der Waals surface area contributed by atoms with Crippen molar-refractivity contribution in [2.24, 2.45) is 45.3 Å². The fourth-order valence-corrected chi connectivity index (χ4v) is 9.05.